The Hall–Kier alpha value is -2.09. The SMILES string of the molecule is CC#CCNc1cc(C(=O)O)ncn1. The zero-order valence-electron chi connectivity index (χ0n) is 7.61. The van der Waals surface area contributed by atoms with Crippen molar-refractivity contribution in [3.8, 4) is 11.8 Å². The summed E-state index contributed by atoms with van der Waals surface area (Å²) >= 11 is 0. The van der Waals surface area contributed by atoms with E-state index < -0.39 is 5.97 Å². The molecule has 0 saturated heterocycles. The lowest BCUT2D eigenvalue weighted by atomic mass is 10.4. The number of anilines is 1. The van der Waals surface area contributed by atoms with Crippen molar-refractivity contribution < 1.29 is 9.90 Å². The van der Waals surface area contributed by atoms with E-state index in [1.165, 1.54) is 12.4 Å². The van der Waals surface area contributed by atoms with Crippen LogP contribution in [-0.2, 0) is 0 Å². The molecule has 0 aliphatic heterocycles. The largest absolute Gasteiger partial charge is 0.477 e. The molecular weight excluding hydrogens is 182 g/mol. The molecule has 0 spiro atoms. The Labute approximate surface area is 81.2 Å². The molecule has 0 radical (unpaired) electrons. The quantitative estimate of drug-likeness (QED) is 0.684. The van der Waals surface area contributed by atoms with Crippen LogP contribution in [0.2, 0.25) is 0 Å². The molecule has 0 fully saturated rings. The summed E-state index contributed by atoms with van der Waals surface area (Å²) < 4.78 is 0. The summed E-state index contributed by atoms with van der Waals surface area (Å²) in [5.74, 6) is 4.87. The standard InChI is InChI=1S/C9H9N3O2/c1-2-3-4-10-8-5-7(9(13)14)11-6-12-8/h5-6H,4H2,1H3,(H,13,14)(H,10,11,12). The minimum atomic E-state index is -1.07. The van der Waals surface area contributed by atoms with Crippen molar-refractivity contribution in [2.24, 2.45) is 0 Å². The van der Waals surface area contributed by atoms with Gasteiger partial charge in [-0.25, -0.2) is 14.8 Å². The van der Waals surface area contributed by atoms with Gasteiger partial charge in [-0.15, -0.1) is 5.92 Å². The van der Waals surface area contributed by atoms with Gasteiger partial charge in [0.1, 0.15) is 12.1 Å². The Balaban J connectivity index is 2.71. The van der Waals surface area contributed by atoms with Gasteiger partial charge < -0.3 is 10.4 Å². The van der Waals surface area contributed by atoms with Crippen LogP contribution < -0.4 is 5.32 Å². The lowest BCUT2D eigenvalue weighted by molar-refractivity contribution is 0.0690. The van der Waals surface area contributed by atoms with E-state index >= 15 is 0 Å². The first-order valence-electron chi connectivity index (χ1n) is 3.93. The summed E-state index contributed by atoms with van der Waals surface area (Å²) in [7, 11) is 0. The number of nitrogens with one attached hydrogen (secondary N) is 1. The molecule has 5 heteroatoms. The van der Waals surface area contributed by atoms with Gasteiger partial charge in [-0.05, 0) is 6.92 Å². The number of carboxylic acid groups (broad SMARTS) is 1. The Bertz CT molecular complexity index is 393. The Morgan fingerprint density at radius 1 is 1.64 bits per heavy atom. The van der Waals surface area contributed by atoms with Gasteiger partial charge in [-0.3, -0.25) is 0 Å². The minimum Gasteiger partial charge on any atom is -0.477 e. The van der Waals surface area contributed by atoms with Gasteiger partial charge in [-0.1, -0.05) is 5.92 Å². The molecular formula is C9H9N3O2. The van der Waals surface area contributed by atoms with E-state index in [9.17, 15) is 4.79 Å². The maximum atomic E-state index is 10.5. The molecule has 0 aliphatic carbocycles. The van der Waals surface area contributed by atoms with Crippen molar-refractivity contribution in [3.05, 3.63) is 18.1 Å². The summed E-state index contributed by atoms with van der Waals surface area (Å²) in [4.78, 5) is 18.0. The number of carboxylic acids is 1. The number of aromatic carboxylic acids is 1. The minimum absolute atomic E-state index is 0.0352. The van der Waals surface area contributed by atoms with Crippen LogP contribution in [0.4, 0.5) is 5.82 Å². The highest BCUT2D eigenvalue weighted by Gasteiger charge is 2.04. The Morgan fingerprint density at radius 2 is 2.43 bits per heavy atom. The fourth-order valence-corrected chi connectivity index (χ4v) is 0.794. The van der Waals surface area contributed by atoms with Gasteiger partial charge in [0.15, 0.2) is 5.69 Å². The van der Waals surface area contributed by atoms with Crippen LogP contribution in [0.25, 0.3) is 0 Å². The summed E-state index contributed by atoms with van der Waals surface area (Å²) in [6.07, 6.45) is 1.20. The number of carbonyl (C=O) groups is 1. The average molecular weight is 191 g/mol. The number of rotatable bonds is 3. The zero-order chi connectivity index (χ0) is 10.4. The van der Waals surface area contributed by atoms with E-state index in [4.69, 9.17) is 5.11 Å². The third-order valence-corrected chi connectivity index (χ3v) is 1.42. The lowest BCUT2D eigenvalue weighted by Crippen LogP contribution is -2.05. The van der Waals surface area contributed by atoms with Gasteiger partial charge in [0.2, 0.25) is 0 Å². The monoisotopic (exact) mass is 191 g/mol. The van der Waals surface area contributed by atoms with Crippen LogP contribution in [0.15, 0.2) is 12.4 Å². The molecule has 0 saturated carbocycles. The second kappa shape index (κ2) is 4.82. The molecule has 72 valence electrons. The second-order valence-corrected chi connectivity index (χ2v) is 2.37. The van der Waals surface area contributed by atoms with Crippen molar-refractivity contribution >= 4 is 11.8 Å². The van der Waals surface area contributed by atoms with E-state index in [0.717, 1.165) is 0 Å². The summed E-state index contributed by atoms with van der Waals surface area (Å²) in [5, 5.41) is 11.5. The van der Waals surface area contributed by atoms with Crippen LogP contribution in [0, 0.1) is 11.8 Å². The van der Waals surface area contributed by atoms with Gasteiger partial charge in [-0.2, -0.15) is 0 Å². The highest BCUT2D eigenvalue weighted by Crippen LogP contribution is 2.02. The van der Waals surface area contributed by atoms with Gasteiger partial charge in [0, 0.05) is 6.07 Å². The third kappa shape index (κ3) is 2.75. The van der Waals surface area contributed by atoms with Crippen LogP contribution in [0.1, 0.15) is 17.4 Å². The topological polar surface area (TPSA) is 75.1 Å². The number of hydrogen-bond acceptors (Lipinski definition) is 4. The van der Waals surface area contributed by atoms with E-state index in [0.29, 0.717) is 12.4 Å². The number of nitrogens with zero attached hydrogens (tertiary/aromatic N) is 2. The second-order valence-electron chi connectivity index (χ2n) is 2.37. The van der Waals surface area contributed by atoms with Gasteiger partial charge in [0.25, 0.3) is 0 Å². The average Bonchev–Trinajstić information content (AvgIpc) is 2.19. The Morgan fingerprint density at radius 3 is 3.07 bits per heavy atom. The van der Waals surface area contributed by atoms with E-state index in [-0.39, 0.29) is 5.69 Å². The summed E-state index contributed by atoms with van der Waals surface area (Å²) in [5.41, 5.74) is -0.0352. The lowest BCUT2D eigenvalue weighted by Gasteiger charge is -2.00. The maximum absolute atomic E-state index is 10.5. The molecule has 5 nitrogen and oxygen atoms in total. The molecule has 0 aliphatic rings. The predicted molar refractivity (Wildman–Crippen MR) is 50.9 cm³/mol. The molecule has 1 heterocycles. The fourth-order valence-electron chi connectivity index (χ4n) is 0.794. The molecule has 0 amide bonds. The normalized spacial score (nSPS) is 8.64. The molecule has 2 N–H and O–H groups in total. The molecule has 0 atom stereocenters. The maximum Gasteiger partial charge on any atom is 0.354 e. The first-order valence-corrected chi connectivity index (χ1v) is 3.93. The van der Waals surface area contributed by atoms with Crippen molar-refractivity contribution in [2.75, 3.05) is 11.9 Å². The molecule has 1 aromatic rings. The fraction of sp³-hybridized carbons (Fsp3) is 0.222. The molecule has 0 unspecified atom stereocenters. The number of aromatic nitrogens is 2. The first-order chi connectivity index (χ1) is 6.74. The van der Waals surface area contributed by atoms with Crippen LogP contribution in [0.3, 0.4) is 0 Å². The summed E-state index contributed by atoms with van der Waals surface area (Å²) in [6.45, 7) is 2.16. The van der Waals surface area contributed by atoms with Crippen LogP contribution in [0.5, 0.6) is 0 Å². The first kappa shape index (κ1) is 9.99. The smallest absolute Gasteiger partial charge is 0.354 e. The predicted octanol–water partition coefficient (Wildman–Crippen LogP) is 0.610. The molecule has 0 aromatic carbocycles. The molecule has 0 bridgehead atoms. The molecule has 14 heavy (non-hydrogen) atoms. The highest BCUT2D eigenvalue weighted by molar-refractivity contribution is 5.85. The Kier molecular flexibility index (Phi) is 3.44. The number of hydrogen-bond donors (Lipinski definition) is 2. The van der Waals surface area contributed by atoms with Crippen molar-refractivity contribution in [1.82, 2.24) is 9.97 Å². The van der Waals surface area contributed by atoms with E-state index in [2.05, 4.69) is 27.1 Å². The zero-order valence-corrected chi connectivity index (χ0v) is 7.61. The van der Waals surface area contributed by atoms with Crippen molar-refractivity contribution in [1.29, 1.82) is 0 Å². The van der Waals surface area contributed by atoms with Crippen molar-refractivity contribution in [2.45, 2.75) is 6.92 Å². The molecule has 1 rings (SSSR count). The van der Waals surface area contributed by atoms with Gasteiger partial charge in [0.05, 0.1) is 6.54 Å². The van der Waals surface area contributed by atoms with Crippen LogP contribution >= 0.6 is 0 Å². The van der Waals surface area contributed by atoms with E-state index in [1.54, 1.807) is 6.92 Å². The highest BCUT2D eigenvalue weighted by atomic mass is 16.4. The molecule has 1 aromatic heterocycles. The van der Waals surface area contributed by atoms with Gasteiger partial charge >= 0.3 is 5.97 Å². The van der Waals surface area contributed by atoms with Crippen LogP contribution in [-0.4, -0.2) is 27.6 Å². The third-order valence-electron chi connectivity index (χ3n) is 1.42. The summed E-state index contributed by atoms with van der Waals surface area (Å²) in [6, 6.07) is 1.36. The van der Waals surface area contributed by atoms with E-state index in [1.807, 2.05) is 0 Å². The van der Waals surface area contributed by atoms with Crippen molar-refractivity contribution in [3.63, 3.8) is 0 Å².